The fraction of sp³-hybridized carbons (Fsp3) is 0.192. The van der Waals surface area contributed by atoms with Crippen LogP contribution in [0.3, 0.4) is 0 Å². The molecule has 4 rings (SSSR count). The van der Waals surface area contributed by atoms with E-state index < -0.39 is 23.8 Å². The zero-order valence-electron chi connectivity index (χ0n) is 18.2. The Morgan fingerprint density at radius 3 is 2.21 bits per heavy atom. The van der Waals surface area contributed by atoms with Crippen molar-refractivity contribution >= 4 is 23.6 Å². The Morgan fingerprint density at radius 2 is 1.62 bits per heavy atom. The first-order chi connectivity index (χ1) is 16.0. The van der Waals surface area contributed by atoms with E-state index >= 15 is 0 Å². The lowest BCUT2D eigenvalue weighted by molar-refractivity contribution is -0.187. The van der Waals surface area contributed by atoms with E-state index in [9.17, 15) is 18.0 Å². The second-order valence-electron chi connectivity index (χ2n) is 8.38. The maximum atomic E-state index is 13.3. The van der Waals surface area contributed by atoms with Crippen LogP contribution in [0.2, 0.25) is 5.02 Å². The van der Waals surface area contributed by atoms with Crippen LogP contribution in [0.25, 0.3) is 6.08 Å². The van der Waals surface area contributed by atoms with Crippen LogP contribution in [0, 0.1) is 0 Å². The molecule has 34 heavy (non-hydrogen) atoms. The highest BCUT2D eigenvalue weighted by atomic mass is 35.5. The SMILES string of the molecule is CC(C)(c1ccccc1)c1ccc(Oc2cc3c(cc2Cl)C=C(C(=O)O)C(C(F)(F)F)O3)cc1. The molecule has 8 heteroatoms. The molecule has 0 fully saturated rings. The van der Waals surface area contributed by atoms with Crippen LogP contribution in [0.5, 0.6) is 17.2 Å². The first kappa shape index (κ1) is 23.7. The molecule has 1 aliphatic rings. The van der Waals surface area contributed by atoms with E-state index in [1.165, 1.54) is 12.1 Å². The Kier molecular flexibility index (Phi) is 6.08. The Morgan fingerprint density at radius 1 is 1.00 bits per heavy atom. The van der Waals surface area contributed by atoms with E-state index in [0.29, 0.717) is 5.75 Å². The number of carbonyl (C=O) groups is 1. The molecule has 0 spiro atoms. The summed E-state index contributed by atoms with van der Waals surface area (Å²) in [5.41, 5.74) is 1.14. The molecule has 176 valence electrons. The third kappa shape index (κ3) is 4.61. The maximum Gasteiger partial charge on any atom is 0.430 e. The molecule has 1 atom stereocenters. The molecular weight excluding hydrogens is 469 g/mol. The van der Waals surface area contributed by atoms with Crippen molar-refractivity contribution in [3.05, 3.63) is 94.0 Å². The minimum Gasteiger partial charge on any atom is -0.478 e. The number of hydrogen-bond acceptors (Lipinski definition) is 3. The van der Waals surface area contributed by atoms with Crippen molar-refractivity contribution in [2.75, 3.05) is 0 Å². The number of alkyl halides is 3. The van der Waals surface area contributed by atoms with E-state index in [2.05, 4.69) is 26.0 Å². The second kappa shape index (κ2) is 8.72. The van der Waals surface area contributed by atoms with Crippen LogP contribution < -0.4 is 9.47 Å². The zero-order chi connectivity index (χ0) is 24.7. The smallest absolute Gasteiger partial charge is 0.430 e. The summed E-state index contributed by atoms with van der Waals surface area (Å²) < 4.78 is 50.8. The number of hydrogen-bond donors (Lipinski definition) is 1. The fourth-order valence-electron chi connectivity index (χ4n) is 3.78. The summed E-state index contributed by atoms with van der Waals surface area (Å²) in [7, 11) is 0. The Bertz CT molecular complexity index is 1250. The van der Waals surface area contributed by atoms with Crippen molar-refractivity contribution in [1.29, 1.82) is 0 Å². The summed E-state index contributed by atoms with van der Waals surface area (Å²) in [4.78, 5) is 11.3. The number of fused-ring (bicyclic) bond motifs is 1. The van der Waals surface area contributed by atoms with E-state index in [-0.39, 0.29) is 27.5 Å². The van der Waals surface area contributed by atoms with Gasteiger partial charge in [-0.25, -0.2) is 4.79 Å². The molecule has 1 heterocycles. The number of halogens is 4. The van der Waals surface area contributed by atoms with Gasteiger partial charge in [0, 0.05) is 17.0 Å². The molecule has 0 bridgehead atoms. The molecule has 0 aliphatic carbocycles. The molecule has 0 saturated carbocycles. The van der Waals surface area contributed by atoms with Gasteiger partial charge in [0.05, 0.1) is 10.6 Å². The Balaban J connectivity index is 1.61. The largest absolute Gasteiger partial charge is 0.478 e. The Hall–Kier alpha value is -3.45. The first-order valence-electron chi connectivity index (χ1n) is 10.3. The van der Waals surface area contributed by atoms with Gasteiger partial charge < -0.3 is 14.6 Å². The van der Waals surface area contributed by atoms with Crippen molar-refractivity contribution in [3.8, 4) is 17.2 Å². The topological polar surface area (TPSA) is 55.8 Å². The summed E-state index contributed by atoms with van der Waals surface area (Å²) in [5, 5.41) is 9.26. The van der Waals surface area contributed by atoms with Gasteiger partial charge >= 0.3 is 12.1 Å². The normalized spacial score (nSPS) is 15.7. The van der Waals surface area contributed by atoms with E-state index in [4.69, 9.17) is 26.2 Å². The van der Waals surface area contributed by atoms with Gasteiger partial charge in [-0.3, -0.25) is 0 Å². The number of benzene rings is 3. The molecule has 3 aromatic carbocycles. The molecule has 3 aromatic rings. The van der Waals surface area contributed by atoms with Gasteiger partial charge in [-0.05, 0) is 35.4 Å². The monoisotopic (exact) mass is 488 g/mol. The first-order valence-corrected chi connectivity index (χ1v) is 10.7. The standard InChI is InChI=1S/C26H20ClF3O4/c1-25(2,16-6-4-3-5-7-16)17-8-10-18(11-9-17)33-22-14-21-15(13-20(22)27)12-19(24(31)32)23(34-21)26(28,29)30/h3-14,23H,1-2H3,(H,31,32). The fourth-order valence-corrected chi connectivity index (χ4v) is 3.99. The van der Waals surface area contributed by atoms with Gasteiger partial charge in [0.25, 0.3) is 0 Å². The van der Waals surface area contributed by atoms with Gasteiger partial charge in [0.15, 0.2) is 0 Å². The highest BCUT2D eigenvalue weighted by Gasteiger charge is 2.48. The van der Waals surface area contributed by atoms with Crippen molar-refractivity contribution in [1.82, 2.24) is 0 Å². The number of carboxylic acids is 1. The quantitative estimate of drug-likeness (QED) is 0.411. The lowest BCUT2D eigenvalue weighted by atomic mass is 9.78. The zero-order valence-corrected chi connectivity index (χ0v) is 18.9. The molecule has 1 N–H and O–H groups in total. The lowest BCUT2D eigenvalue weighted by Gasteiger charge is -2.27. The minimum absolute atomic E-state index is 0.0867. The summed E-state index contributed by atoms with van der Waals surface area (Å²) >= 11 is 6.27. The van der Waals surface area contributed by atoms with Gasteiger partial charge in [-0.2, -0.15) is 13.2 Å². The Labute approximate surface area is 199 Å². The molecule has 0 radical (unpaired) electrons. The van der Waals surface area contributed by atoms with Crippen molar-refractivity contribution in [2.45, 2.75) is 31.5 Å². The second-order valence-corrected chi connectivity index (χ2v) is 8.79. The molecule has 4 nitrogen and oxygen atoms in total. The van der Waals surface area contributed by atoms with Crippen LogP contribution in [0.1, 0.15) is 30.5 Å². The number of ether oxygens (including phenoxy) is 2. The predicted molar refractivity (Wildman–Crippen MR) is 123 cm³/mol. The van der Waals surface area contributed by atoms with Gasteiger partial charge in [0.1, 0.15) is 17.2 Å². The number of carboxylic acid groups (broad SMARTS) is 1. The van der Waals surface area contributed by atoms with Crippen LogP contribution in [0.15, 0.2) is 72.3 Å². The van der Waals surface area contributed by atoms with Crippen molar-refractivity contribution in [3.63, 3.8) is 0 Å². The minimum atomic E-state index is -4.90. The summed E-state index contributed by atoms with van der Waals surface area (Å²) in [6.45, 7) is 4.21. The summed E-state index contributed by atoms with van der Waals surface area (Å²) in [5.74, 6) is -1.38. The highest BCUT2D eigenvalue weighted by Crippen LogP contribution is 2.43. The molecule has 0 saturated heterocycles. The molecule has 1 aliphatic heterocycles. The van der Waals surface area contributed by atoms with E-state index in [0.717, 1.165) is 17.2 Å². The van der Waals surface area contributed by atoms with Crippen molar-refractivity contribution < 1.29 is 32.5 Å². The van der Waals surface area contributed by atoms with Crippen LogP contribution in [-0.4, -0.2) is 23.4 Å². The molecule has 0 amide bonds. The average Bonchev–Trinajstić information content (AvgIpc) is 2.79. The molecule has 1 unspecified atom stereocenters. The molecular formula is C26H20ClF3O4. The van der Waals surface area contributed by atoms with Crippen LogP contribution >= 0.6 is 11.6 Å². The van der Waals surface area contributed by atoms with Crippen molar-refractivity contribution in [2.24, 2.45) is 0 Å². The predicted octanol–water partition coefficient (Wildman–Crippen LogP) is 7.25. The summed E-state index contributed by atoms with van der Waals surface area (Å²) in [6.07, 6.45) is -6.58. The average molecular weight is 489 g/mol. The highest BCUT2D eigenvalue weighted by molar-refractivity contribution is 6.32. The van der Waals surface area contributed by atoms with Gasteiger partial charge in [0.2, 0.25) is 6.10 Å². The molecule has 0 aromatic heterocycles. The third-order valence-corrected chi connectivity index (χ3v) is 6.04. The maximum absolute atomic E-state index is 13.3. The van der Waals surface area contributed by atoms with Crippen LogP contribution in [0.4, 0.5) is 13.2 Å². The number of aliphatic carboxylic acids is 1. The van der Waals surface area contributed by atoms with Crippen LogP contribution in [-0.2, 0) is 10.2 Å². The lowest BCUT2D eigenvalue weighted by Crippen LogP contribution is -2.40. The number of rotatable bonds is 5. The third-order valence-electron chi connectivity index (χ3n) is 5.75. The summed E-state index contributed by atoms with van der Waals surface area (Å²) in [6, 6.07) is 19.9. The van der Waals surface area contributed by atoms with Gasteiger partial charge in [-0.1, -0.05) is 67.9 Å². The van der Waals surface area contributed by atoms with E-state index in [1.807, 2.05) is 30.3 Å². The van der Waals surface area contributed by atoms with E-state index in [1.54, 1.807) is 12.1 Å². The van der Waals surface area contributed by atoms with Gasteiger partial charge in [-0.15, -0.1) is 0 Å².